The summed E-state index contributed by atoms with van der Waals surface area (Å²) in [5, 5.41) is 0. The van der Waals surface area contributed by atoms with E-state index in [9.17, 15) is 0 Å². The van der Waals surface area contributed by atoms with Gasteiger partial charge in [-0.2, -0.15) is 0 Å². The Bertz CT molecular complexity index is 148. The zero-order valence-electron chi connectivity index (χ0n) is 10.0. The zero-order valence-corrected chi connectivity index (χ0v) is 10.0. The fourth-order valence-corrected chi connectivity index (χ4v) is 2.75. The Morgan fingerprint density at radius 1 is 1.08 bits per heavy atom. The minimum absolute atomic E-state index is 0.864. The fourth-order valence-electron chi connectivity index (χ4n) is 2.75. The molecule has 4 atom stereocenters. The second kappa shape index (κ2) is 4.48. The van der Waals surface area contributed by atoms with E-state index in [0.717, 1.165) is 29.6 Å². The Morgan fingerprint density at radius 3 is 2.08 bits per heavy atom. The van der Waals surface area contributed by atoms with Crippen LogP contribution in [0.1, 0.15) is 53.9 Å². The molecule has 13 heavy (non-hydrogen) atoms. The van der Waals surface area contributed by atoms with Crippen LogP contribution in [0.15, 0.2) is 0 Å². The fraction of sp³-hybridized carbons (Fsp3) is 1.00. The Hall–Kier alpha value is 0. The first-order chi connectivity index (χ1) is 6.00. The molecule has 0 aromatic carbocycles. The Kier molecular flexibility index (Phi) is 3.82. The van der Waals surface area contributed by atoms with Crippen molar-refractivity contribution in [2.24, 2.45) is 29.6 Å². The third kappa shape index (κ3) is 3.00. The van der Waals surface area contributed by atoms with Gasteiger partial charge in [-0.1, -0.05) is 34.6 Å². The molecule has 78 valence electrons. The van der Waals surface area contributed by atoms with Gasteiger partial charge in [0.2, 0.25) is 0 Å². The number of hydrogen-bond acceptors (Lipinski definition) is 0. The van der Waals surface area contributed by atoms with Crippen molar-refractivity contribution in [3.63, 3.8) is 0 Å². The van der Waals surface area contributed by atoms with E-state index in [1.54, 1.807) is 0 Å². The van der Waals surface area contributed by atoms with E-state index in [1.807, 2.05) is 0 Å². The Morgan fingerprint density at radius 2 is 1.69 bits per heavy atom. The van der Waals surface area contributed by atoms with Crippen LogP contribution in [0.4, 0.5) is 0 Å². The van der Waals surface area contributed by atoms with Crippen LogP contribution in [-0.2, 0) is 0 Å². The van der Waals surface area contributed by atoms with Gasteiger partial charge in [0, 0.05) is 0 Å². The van der Waals surface area contributed by atoms with Gasteiger partial charge >= 0.3 is 0 Å². The second-order valence-electron chi connectivity index (χ2n) is 5.77. The third-order valence-corrected chi connectivity index (χ3v) is 4.10. The van der Waals surface area contributed by atoms with Crippen LogP contribution in [0.25, 0.3) is 0 Å². The summed E-state index contributed by atoms with van der Waals surface area (Å²) in [5.41, 5.74) is 0. The minimum atomic E-state index is 0.864. The summed E-state index contributed by atoms with van der Waals surface area (Å²) in [6, 6.07) is 0. The lowest BCUT2D eigenvalue weighted by atomic mass is 9.83. The SMILES string of the molecule is CC1CC(C)C(CC(C)C(C)C)C1. The molecule has 0 aromatic rings. The molecule has 0 aliphatic heterocycles. The summed E-state index contributed by atoms with van der Waals surface area (Å²) in [7, 11) is 0. The zero-order chi connectivity index (χ0) is 10.0. The van der Waals surface area contributed by atoms with Gasteiger partial charge in [0.1, 0.15) is 0 Å². The maximum atomic E-state index is 2.45. The van der Waals surface area contributed by atoms with Gasteiger partial charge < -0.3 is 0 Å². The largest absolute Gasteiger partial charge is 0.0625 e. The molecular weight excluding hydrogens is 156 g/mol. The van der Waals surface area contributed by atoms with Crippen molar-refractivity contribution in [2.45, 2.75) is 53.9 Å². The monoisotopic (exact) mass is 182 g/mol. The van der Waals surface area contributed by atoms with Crippen molar-refractivity contribution in [3.05, 3.63) is 0 Å². The standard InChI is InChI=1S/C13H26/c1-9(2)11(4)8-13-7-10(3)6-12(13)5/h9-13H,6-8H2,1-5H3. The smallest absolute Gasteiger partial charge is 0.0383 e. The lowest BCUT2D eigenvalue weighted by Crippen LogP contribution is -2.13. The molecule has 1 saturated carbocycles. The average Bonchev–Trinajstić information content (AvgIpc) is 2.30. The molecule has 1 aliphatic carbocycles. The van der Waals surface area contributed by atoms with Gasteiger partial charge in [-0.05, 0) is 48.9 Å². The molecule has 1 rings (SSSR count). The highest BCUT2D eigenvalue weighted by atomic mass is 14.3. The first kappa shape index (κ1) is 11.1. The predicted molar refractivity (Wildman–Crippen MR) is 59.7 cm³/mol. The summed E-state index contributed by atoms with van der Waals surface area (Å²) < 4.78 is 0. The normalized spacial score (nSPS) is 36.9. The lowest BCUT2D eigenvalue weighted by Gasteiger charge is -2.22. The van der Waals surface area contributed by atoms with Crippen LogP contribution in [0, 0.1) is 29.6 Å². The van der Waals surface area contributed by atoms with Crippen LogP contribution >= 0.6 is 0 Å². The van der Waals surface area contributed by atoms with Gasteiger partial charge in [-0.15, -0.1) is 0 Å². The van der Waals surface area contributed by atoms with Crippen LogP contribution in [0.3, 0.4) is 0 Å². The number of rotatable bonds is 3. The molecule has 4 unspecified atom stereocenters. The Labute approximate surface area is 84.1 Å². The molecule has 0 heteroatoms. The second-order valence-corrected chi connectivity index (χ2v) is 5.77. The van der Waals surface area contributed by atoms with Crippen LogP contribution in [0.5, 0.6) is 0 Å². The van der Waals surface area contributed by atoms with Crippen molar-refractivity contribution in [2.75, 3.05) is 0 Å². The molecule has 1 fully saturated rings. The highest BCUT2D eigenvalue weighted by Crippen LogP contribution is 2.40. The van der Waals surface area contributed by atoms with E-state index in [2.05, 4.69) is 34.6 Å². The Balaban J connectivity index is 2.36. The molecule has 0 saturated heterocycles. The summed E-state index contributed by atoms with van der Waals surface area (Å²) >= 11 is 0. The average molecular weight is 182 g/mol. The lowest BCUT2D eigenvalue weighted by molar-refractivity contribution is 0.281. The van der Waals surface area contributed by atoms with Crippen LogP contribution in [-0.4, -0.2) is 0 Å². The summed E-state index contributed by atoms with van der Waals surface area (Å²) in [6.07, 6.45) is 4.41. The molecule has 0 bridgehead atoms. The first-order valence-electron chi connectivity index (χ1n) is 6.00. The van der Waals surface area contributed by atoms with Crippen molar-refractivity contribution in [1.82, 2.24) is 0 Å². The topological polar surface area (TPSA) is 0 Å². The summed E-state index contributed by atoms with van der Waals surface area (Å²) in [6.45, 7) is 12.0. The van der Waals surface area contributed by atoms with E-state index in [-0.39, 0.29) is 0 Å². The molecule has 0 aromatic heterocycles. The van der Waals surface area contributed by atoms with Gasteiger partial charge in [0.25, 0.3) is 0 Å². The van der Waals surface area contributed by atoms with Crippen molar-refractivity contribution < 1.29 is 0 Å². The third-order valence-electron chi connectivity index (χ3n) is 4.10. The van der Waals surface area contributed by atoms with Crippen molar-refractivity contribution in [1.29, 1.82) is 0 Å². The van der Waals surface area contributed by atoms with E-state index in [4.69, 9.17) is 0 Å². The van der Waals surface area contributed by atoms with Crippen LogP contribution in [0.2, 0.25) is 0 Å². The minimum Gasteiger partial charge on any atom is -0.0625 e. The molecule has 0 heterocycles. The molecule has 1 aliphatic rings. The molecule has 0 spiro atoms. The van der Waals surface area contributed by atoms with Crippen LogP contribution < -0.4 is 0 Å². The predicted octanol–water partition coefficient (Wildman–Crippen LogP) is 4.35. The molecule has 0 amide bonds. The highest BCUT2D eigenvalue weighted by molar-refractivity contribution is 4.80. The molecule has 0 radical (unpaired) electrons. The van der Waals surface area contributed by atoms with Crippen molar-refractivity contribution in [3.8, 4) is 0 Å². The van der Waals surface area contributed by atoms with Gasteiger partial charge in [-0.3, -0.25) is 0 Å². The summed E-state index contributed by atoms with van der Waals surface area (Å²) in [4.78, 5) is 0. The van der Waals surface area contributed by atoms with Gasteiger partial charge in [0.15, 0.2) is 0 Å². The van der Waals surface area contributed by atoms with Gasteiger partial charge in [0.05, 0.1) is 0 Å². The van der Waals surface area contributed by atoms with E-state index in [0.29, 0.717) is 0 Å². The number of hydrogen-bond donors (Lipinski definition) is 0. The van der Waals surface area contributed by atoms with E-state index in [1.165, 1.54) is 19.3 Å². The molecule has 0 N–H and O–H groups in total. The highest BCUT2D eigenvalue weighted by Gasteiger charge is 2.29. The molecule has 0 nitrogen and oxygen atoms in total. The van der Waals surface area contributed by atoms with E-state index >= 15 is 0 Å². The quantitative estimate of drug-likeness (QED) is 0.608. The summed E-state index contributed by atoms with van der Waals surface area (Å²) in [5.74, 6) is 4.77. The maximum Gasteiger partial charge on any atom is -0.0383 e. The first-order valence-corrected chi connectivity index (χ1v) is 6.00. The maximum absolute atomic E-state index is 2.45. The van der Waals surface area contributed by atoms with Gasteiger partial charge in [-0.25, -0.2) is 0 Å². The van der Waals surface area contributed by atoms with E-state index < -0.39 is 0 Å². The van der Waals surface area contributed by atoms with Crippen molar-refractivity contribution >= 4 is 0 Å². The molecular formula is C13H26.